The van der Waals surface area contributed by atoms with Crippen molar-refractivity contribution in [3.63, 3.8) is 0 Å². The molecule has 0 aromatic rings. The molecule has 0 unspecified atom stereocenters. The van der Waals surface area contributed by atoms with Crippen LogP contribution in [0, 0.1) is 0 Å². The van der Waals surface area contributed by atoms with Crippen LogP contribution in [-0.4, -0.2) is 94.2 Å². The van der Waals surface area contributed by atoms with Crippen LogP contribution in [0.4, 0.5) is 0 Å². The van der Waals surface area contributed by atoms with Crippen LogP contribution >= 0.6 is 0 Å². The second kappa shape index (κ2) is 43.2. The van der Waals surface area contributed by atoms with Crippen molar-refractivity contribution >= 4 is 94.2 Å². The quantitative estimate of drug-likeness (QED) is 0.0430. The van der Waals surface area contributed by atoms with E-state index in [0.29, 0.717) is 66.5 Å². The van der Waals surface area contributed by atoms with Gasteiger partial charge in [-0.15, -0.1) is 72.4 Å². The summed E-state index contributed by atoms with van der Waals surface area (Å²) in [6, 6.07) is 17.0. The molecule has 0 atom stereocenters. The third-order valence-electron chi connectivity index (χ3n) is 16.0. The van der Waals surface area contributed by atoms with Crippen molar-refractivity contribution in [1.82, 2.24) is 0 Å². The zero-order valence-corrected chi connectivity index (χ0v) is 69.5. The van der Waals surface area contributed by atoms with Gasteiger partial charge in [-0.25, -0.2) is 0 Å². The minimum Gasteiger partial charge on any atom is -0.415 e. The van der Waals surface area contributed by atoms with E-state index >= 15 is 0 Å². The van der Waals surface area contributed by atoms with Crippen LogP contribution in [0.25, 0.3) is 0 Å². The molecule has 22 heteroatoms. The zero-order valence-electron chi connectivity index (χ0n) is 58.5. The molecule has 0 radical (unpaired) electrons. The van der Waals surface area contributed by atoms with Crippen molar-refractivity contribution < 1.29 is 45.3 Å². The summed E-state index contributed by atoms with van der Waals surface area (Å²) < 4.78 is 84.8. The first-order valence-electron chi connectivity index (χ1n) is 34.5. The van der Waals surface area contributed by atoms with Gasteiger partial charge in [0.05, 0.1) is 0 Å². The van der Waals surface area contributed by atoms with E-state index in [0.717, 1.165) is 137 Å². The first-order valence-corrected chi connectivity index (χ1v) is 59.1. The second-order valence-corrected chi connectivity index (χ2v) is 63.8. The number of rotatable bonds is 44. The van der Waals surface area contributed by atoms with Crippen LogP contribution in [0.15, 0.2) is 139 Å². The summed E-state index contributed by atoms with van der Waals surface area (Å²) >= 11 is 0. The molecule has 506 valence electrons. The predicted molar refractivity (Wildman–Crippen MR) is 406 cm³/mol. The Labute approximate surface area is 554 Å². The van der Waals surface area contributed by atoms with E-state index in [1.807, 2.05) is 66.8 Å². The van der Waals surface area contributed by atoms with Gasteiger partial charge in [-0.2, -0.15) is 0 Å². The summed E-state index contributed by atoms with van der Waals surface area (Å²) in [6.07, 6.45) is 32.5. The standard InChI is InChI=1S/C36H72O6Si6.C30H60O5Si5/c1-13-25-43(26-14-2)37-44(27-15-3,28-16-4)39-46(31-19-7,32-20-8)41-48(35-23-11,36-24-12)42-47(33-21-9,34-22-10)40-45(38-43,29-17-5)30-18-6;1-11-21-36(22-12-2)31-37(23-13-3,24-14-4)33-39(27-17-7,28-18-8)35-40(29-19-9,30-20-10)34-38(32-36,25-15-5)26-16-6/h13,15,17,19,21,23H,1,3,5,7,9,11,14,16,18,20,22,24-36H2,2,4,6,8,10,12H3;11,13,15,17,19H,1,3,5,7,9,12,14,16,18,20-30H2,2,4,6,8,10H3. The topological polar surface area (TPSA) is 102 Å². The van der Waals surface area contributed by atoms with Crippen molar-refractivity contribution in [1.29, 1.82) is 0 Å². The maximum absolute atomic E-state index is 7.81. The molecule has 88 heavy (non-hydrogen) atoms. The molecule has 2 heterocycles. The highest BCUT2D eigenvalue weighted by Gasteiger charge is 2.64. The van der Waals surface area contributed by atoms with Gasteiger partial charge in [0.15, 0.2) is 0 Å². The Bertz CT molecular complexity index is 1720. The predicted octanol–water partition coefficient (Wildman–Crippen LogP) is 22.6. The Morgan fingerprint density at radius 3 is 0.273 bits per heavy atom. The third-order valence-corrected chi connectivity index (χ3v) is 72.7. The fourth-order valence-corrected chi connectivity index (χ4v) is 81.3. The first-order chi connectivity index (χ1) is 42.1. The lowest BCUT2D eigenvalue weighted by atomic mass is 10.6. The molecule has 2 saturated heterocycles. The highest BCUT2D eigenvalue weighted by molar-refractivity contribution is 6.97. The molecule has 0 bridgehead atoms. The van der Waals surface area contributed by atoms with E-state index in [2.05, 4.69) is 149 Å². The number of hydrogen-bond acceptors (Lipinski definition) is 11. The molecule has 0 aromatic heterocycles. The molecule has 0 spiro atoms. The van der Waals surface area contributed by atoms with Crippen molar-refractivity contribution in [2.45, 2.75) is 280 Å². The summed E-state index contributed by atoms with van der Waals surface area (Å²) in [5.41, 5.74) is 0. The smallest absolute Gasteiger partial charge is 0.324 e. The molecule has 11 nitrogen and oxygen atoms in total. The van der Waals surface area contributed by atoms with Gasteiger partial charge in [0.2, 0.25) is 0 Å². The van der Waals surface area contributed by atoms with Gasteiger partial charge in [-0.05, 0) is 66.5 Å². The largest absolute Gasteiger partial charge is 0.415 e. The number of hydrogen-bond donors (Lipinski definition) is 0. The summed E-state index contributed by atoms with van der Waals surface area (Å²) in [5, 5.41) is 0. The van der Waals surface area contributed by atoms with Gasteiger partial charge in [0, 0.05) is 66.5 Å². The highest BCUT2D eigenvalue weighted by Crippen LogP contribution is 2.48. The van der Waals surface area contributed by atoms with Crippen molar-refractivity contribution in [3.05, 3.63) is 139 Å². The maximum atomic E-state index is 7.81. The SMILES string of the molecule is C=CC[Si]1(CCC)O[Si](CC=C)(CCC)O[Si](CC=C)(CCC)O[Si](CC=C)(CCC)O[Si](CC=C)(CCC)O1.C=CC[Si]1(CCC)O[Si](CC=C)(CCC)O[Si](CC=C)(CCC)O[Si](CC=C)(CCC)O[Si](CC=C)(CCC)O[Si](CC=C)(CCC)O1. The van der Waals surface area contributed by atoms with Crippen LogP contribution in [0.1, 0.15) is 147 Å². The first kappa shape index (κ1) is 85.1. The maximum Gasteiger partial charge on any atom is 0.324 e. The van der Waals surface area contributed by atoms with E-state index in [1.165, 1.54) is 0 Å². The van der Waals surface area contributed by atoms with Gasteiger partial charge in [0.1, 0.15) is 0 Å². The monoisotopic (exact) mass is 1410 g/mol. The normalized spacial score (nSPS) is 33.1. The fraction of sp³-hybridized carbons (Fsp3) is 0.667. The molecular formula is C66H132O11Si11. The van der Waals surface area contributed by atoms with Crippen molar-refractivity contribution in [2.75, 3.05) is 0 Å². The molecule has 0 N–H and O–H groups in total. The third kappa shape index (κ3) is 25.7. The Hall–Kier alpha value is -0.914. The molecule has 2 fully saturated rings. The lowest BCUT2D eigenvalue weighted by molar-refractivity contribution is 0.210. The summed E-state index contributed by atoms with van der Waals surface area (Å²) in [6.45, 7) is 70.9. The van der Waals surface area contributed by atoms with Crippen LogP contribution < -0.4 is 0 Å². The van der Waals surface area contributed by atoms with E-state index < -0.39 is 94.2 Å². The van der Waals surface area contributed by atoms with E-state index in [-0.39, 0.29) is 0 Å². The summed E-state index contributed by atoms with van der Waals surface area (Å²) in [7, 11) is -32.4. The lowest BCUT2D eigenvalue weighted by Gasteiger charge is -2.53. The molecule has 0 saturated carbocycles. The molecule has 2 rings (SSSR count). The van der Waals surface area contributed by atoms with E-state index in [9.17, 15) is 0 Å². The number of allylic oxidation sites excluding steroid dienone is 11. The van der Waals surface area contributed by atoms with Crippen LogP contribution in [0.3, 0.4) is 0 Å². The lowest BCUT2D eigenvalue weighted by Crippen LogP contribution is -2.69. The summed E-state index contributed by atoms with van der Waals surface area (Å²) in [5.74, 6) is 0. The minimum atomic E-state index is -3.02. The van der Waals surface area contributed by atoms with Crippen LogP contribution in [-0.2, 0) is 45.3 Å². The van der Waals surface area contributed by atoms with Crippen molar-refractivity contribution in [3.8, 4) is 0 Å². The summed E-state index contributed by atoms with van der Waals surface area (Å²) in [4.78, 5) is 0. The van der Waals surface area contributed by atoms with Crippen LogP contribution in [0.5, 0.6) is 0 Å². The van der Waals surface area contributed by atoms with Gasteiger partial charge in [-0.1, -0.05) is 214 Å². The molecule has 2 aliphatic rings. The Morgan fingerprint density at radius 2 is 0.227 bits per heavy atom. The Kier molecular flexibility index (Phi) is 41.8. The van der Waals surface area contributed by atoms with E-state index in [1.54, 1.807) is 0 Å². The van der Waals surface area contributed by atoms with Gasteiger partial charge in [-0.3, -0.25) is 0 Å². The Morgan fingerprint density at radius 1 is 0.159 bits per heavy atom. The average molecular weight is 1410 g/mol. The van der Waals surface area contributed by atoms with Crippen molar-refractivity contribution in [2.24, 2.45) is 0 Å². The second-order valence-electron chi connectivity index (χ2n) is 24.8. The molecule has 0 aliphatic carbocycles. The molecule has 0 aromatic carbocycles. The average Bonchev–Trinajstić information content (AvgIpc) is 3.42. The molecule has 0 amide bonds. The highest BCUT2D eigenvalue weighted by atomic mass is 28.5. The van der Waals surface area contributed by atoms with Crippen LogP contribution in [0.2, 0.25) is 133 Å². The van der Waals surface area contributed by atoms with Gasteiger partial charge >= 0.3 is 94.2 Å². The van der Waals surface area contributed by atoms with Gasteiger partial charge < -0.3 is 45.3 Å². The zero-order chi connectivity index (χ0) is 66.4. The molecular weight excluding hydrogens is 1280 g/mol. The fourth-order valence-electron chi connectivity index (χ4n) is 13.7. The molecule has 2 aliphatic heterocycles. The Balaban J connectivity index is 0.000000895. The van der Waals surface area contributed by atoms with E-state index in [4.69, 9.17) is 45.3 Å². The van der Waals surface area contributed by atoms with Gasteiger partial charge in [0.25, 0.3) is 0 Å². The minimum absolute atomic E-state index is 0.666.